The molecule has 0 bridgehead atoms. The van der Waals surface area contributed by atoms with Gasteiger partial charge in [-0.15, -0.1) is 11.3 Å². The van der Waals surface area contributed by atoms with Crippen molar-refractivity contribution in [2.45, 2.75) is 45.1 Å². The van der Waals surface area contributed by atoms with Crippen molar-refractivity contribution in [2.75, 3.05) is 13.1 Å². The van der Waals surface area contributed by atoms with Gasteiger partial charge in [-0.3, -0.25) is 0 Å². The van der Waals surface area contributed by atoms with Crippen LogP contribution >= 0.6 is 11.3 Å². The second kappa shape index (κ2) is 6.56. The van der Waals surface area contributed by atoms with Gasteiger partial charge in [0.1, 0.15) is 0 Å². The van der Waals surface area contributed by atoms with Crippen molar-refractivity contribution < 1.29 is 8.42 Å². The molecule has 1 aliphatic carbocycles. The molecule has 0 radical (unpaired) electrons. The Morgan fingerprint density at radius 1 is 1.45 bits per heavy atom. The molecule has 1 atom stereocenters. The maximum Gasteiger partial charge on any atom is 0.241 e. The molecule has 1 aromatic heterocycles. The van der Waals surface area contributed by atoms with Crippen molar-refractivity contribution in [3.63, 3.8) is 0 Å². The van der Waals surface area contributed by atoms with E-state index in [0.717, 1.165) is 22.8 Å². The largest absolute Gasteiger partial charge is 0.312 e. The molecule has 1 fully saturated rings. The zero-order valence-corrected chi connectivity index (χ0v) is 14.0. The van der Waals surface area contributed by atoms with Gasteiger partial charge in [-0.25, -0.2) is 13.1 Å². The van der Waals surface area contributed by atoms with Gasteiger partial charge in [0.2, 0.25) is 10.0 Å². The van der Waals surface area contributed by atoms with Crippen LogP contribution in [0.25, 0.3) is 0 Å². The first-order valence-electron chi connectivity index (χ1n) is 7.23. The Bertz CT molecular complexity index is 548. The van der Waals surface area contributed by atoms with Gasteiger partial charge in [0.25, 0.3) is 0 Å². The summed E-state index contributed by atoms with van der Waals surface area (Å²) in [7, 11) is -3.36. The maximum atomic E-state index is 12.4. The average molecular weight is 316 g/mol. The normalized spacial score (nSPS) is 17.4. The van der Waals surface area contributed by atoms with Crippen LogP contribution in [0, 0.1) is 18.8 Å². The lowest BCUT2D eigenvalue weighted by atomic mass is 10.1. The number of nitrogens with one attached hydrogen (secondary N) is 2. The highest BCUT2D eigenvalue weighted by atomic mass is 32.2. The summed E-state index contributed by atoms with van der Waals surface area (Å²) < 4.78 is 27.5. The van der Waals surface area contributed by atoms with Crippen LogP contribution in [0.2, 0.25) is 0 Å². The molecule has 0 spiro atoms. The molecule has 1 aliphatic rings. The molecular weight excluding hydrogens is 292 g/mol. The fourth-order valence-corrected chi connectivity index (χ4v) is 5.02. The van der Waals surface area contributed by atoms with E-state index in [0.29, 0.717) is 23.3 Å². The van der Waals surface area contributed by atoms with Crippen LogP contribution < -0.4 is 10.0 Å². The van der Waals surface area contributed by atoms with Gasteiger partial charge in [-0.1, -0.05) is 13.8 Å². The van der Waals surface area contributed by atoms with Crippen molar-refractivity contribution >= 4 is 21.4 Å². The van der Waals surface area contributed by atoms with Crippen LogP contribution in [0.3, 0.4) is 0 Å². The van der Waals surface area contributed by atoms with E-state index in [-0.39, 0.29) is 0 Å². The Labute approximate surface area is 126 Å². The fraction of sp³-hybridized carbons (Fsp3) is 0.714. The summed E-state index contributed by atoms with van der Waals surface area (Å²) in [4.78, 5) is 2.38. The minimum Gasteiger partial charge on any atom is -0.312 e. The van der Waals surface area contributed by atoms with Gasteiger partial charge in [0.15, 0.2) is 0 Å². The van der Waals surface area contributed by atoms with Crippen LogP contribution in [0.4, 0.5) is 0 Å². The number of hydrogen-bond acceptors (Lipinski definition) is 4. The van der Waals surface area contributed by atoms with Crippen LogP contribution in [-0.4, -0.2) is 21.5 Å². The fourth-order valence-electron chi connectivity index (χ4n) is 2.28. The number of hydrogen-bond donors (Lipinski definition) is 2. The number of thiophene rings is 1. The molecule has 6 heteroatoms. The first-order chi connectivity index (χ1) is 9.44. The lowest BCUT2D eigenvalue weighted by molar-refractivity contribution is 0.492. The molecule has 0 amide bonds. The first kappa shape index (κ1) is 15.9. The van der Waals surface area contributed by atoms with Gasteiger partial charge in [-0.05, 0) is 44.2 Å². The van der Waals surface area contributed by atoms with Crippen LogP contribution in [0.15, 0.2) is 11.0 Å². The molecule has 20 heavy (non-hydrogen) atoms. The SMILES string of the molecule is CCNCc1cc(S(=O)(=O)NCC(C)C2CC2)c(C)s1. The Kier molecular flexibility index (Phi) is 5.23. The van der Waals surface area contributed by atoms with E-state index in [2.05, 4.69) is 17.0 Å². The van der Waals surface area contributed by atoms with Crippen LogP contribution in [0.5, 0.6) is 0 Å². The topological polar surface area (TPSA) is 58.2 Å². The second-order valence-corrected chi connectivity index (χ2v) is 8.66. The number of rotatable bonds is 8. The molecule has 1 heterocycles. The minimum atomic E-state index is -3.36. The van der Waals surface area contributed by atoms with Crippen molar-refractivity contribution in [1.82, 2.24) is 10.0 Å². The summed E-state index contributed by atoms with van der Waals surface area (Å²) in [5.74, 6) is 1.15. The van der Waals surface area contributed by atoms with Gasteiger partial charge < -0.3 is 5.32 Å². The third-order valence-electron chi connectivity index (χ3n) is 3.78. The molecule has 2 rings (SSSR count). The number of sulfonamides is 1. The molecule has 1 saturated carbocycles. The minimum absolute atomic E-state index is 0.435. The molecule has 0 saturated heterocycles. The highest BCUT2D eigenvalue weighted by Gasteiger charge is 2.29. The van der Waals surface area contributed by atoms with Gasteiger partial charge in [0.05, 0.1) is 4.90 Å². The van der Waals surface area contributed by atoms with Crippen LogP contribution in [-0.2, 0) is 16.6 Å². The summed E-state index contributed by atoms with van der Waals surface area (Å²) in [5.41, 5.74) is 0. The number of aryl methyl sites for hydroxylation is 1. The maximum absolute atomic E-state index is 12.4. The average Bonchev–Trinajstić information content (AvgIpc) is 3.17. The predicted octanol–water partition coefficient (Wildman–Crippen LogP) is 2.49. The Morgan fingerprint density at radius 2 is 2.15 bits per heavy atom. The van der Waals surface area contributed by atoms with Gasteiger partial charge in [-0.2, -0.15) is 0 Å². The summed E-state index contributed by atoms with van der Waals surface area (Å²) in [6, 6.07) is 1.80. The van der Waals surface area contributed by atoms with Crippen molar-refractivity contribution in [1.29, 1.82) is 0 Å². The van der Waals surface area contributed by atoms with E-state index in [1.807, 2.05) is 13.8 Å². The molecule has 0 aromatic carbocycles. The van der Waals surface area contributed by atoms with E-state index < -0.39 is 10.0 Å². The van der Waals surface area contributed by atoms with Crippen molar-refractivity contribution in [3.05, 3.63) is 15.8 Å². The van der Waals surface area contributed by atoms with E-state index in [1.165, 1.54) is 12.8 Å². The summed E-state index contributed by atoms with van der Waals surface area (Å²) in [6.45, 7) is 8.20. The molecule has 1 unspecified atom stereocenters. The summed E-state index contributed by atoms with van der Waals surface area (Å²) in [6.07, 6.45) is 2.49. The highest BCUT2D eigenvalue weighted by molar-refractivity contribution is 7.89. The lowest BCUT2D eigenvalue weighted by Crippen LogP contribution is -2.29. The van der Waals surface area contributed by atoms with E-state index >= 15 is 0 Å². The van der Waals surface area contributed by atoms with E-state index in [4.69, 9.17) is 0 Å². The second-order valence-electron chi connectivity index (χ2n) is 5.58. The van der Waals surface area contributed by atoms with Crippen molar-refractivity contribution in [3.8, 4) is 0 Å². The zero-order valence-electron chi connectivity index (χ0n) is 12.4. The molecule has 2 N–H and O–H groups in total. The Balaban J connectivity index is 2.02. The summed E-state index contributed by atoms with van der Waals surface area (Å²) in [5, 5.41) is 3.23. The quantitative estimate of drug-likeness (QED) is 0.775. The molecule has 0 aliphatic heterocycles. The predicted molar refractivity (Wildman–Crippen MR) is 83.5 cm³/mol. The van der Waals surface area contributed by atoms with Crippen LogP contribution in [0.1, 0.15) is 36.4 Å². The first-order valence-corrected chi connectivity index (χ1v) is 9.53. The third kappa shape index (κ3) is 4.04. The Morgan fingerprint density at radius 3 is 2.75 bits per heavy atom. The molecule has 1 aromatic rings. The third-order valence-corrected chi connectivity index (χ3v) is 6.51. The van der Waals surface area contributed by atoms with E-state index in [1.54, 1.807) is 17.4 Å². The Hall–Kier alpha value is -0.430. The van der Waals surface area contributed by atoms with Crippen molar-refractivity contribution in [2.24, 2.45) is 11.8 Å². The zero-order chi connectivity index (χ0) is 14.8. The van der Waals surface area contributed by atoms with E-state index in [9.17, 15) is 8.42 Å². The highest BCUT2D eigenvalue weighted by Crippen LogP contribution is 2.36. The molecular formula is C14H24N2O2S2. The lowest BCUT2D eigenvalue weighted by Gasteiger charge is -2.11. The monoisotopic (exact) mass is 316 g/mol. The smallest absolute Gasteiger partial charge is 0.241 e. The molecule has 114 valence electrons. The van der Waals surface area contributed by atoms with Gasteiger partial charge >= 0.3 is 0 Å². The molecule has 4 nitrogen and oxygen atoms in total. The van der Waals surface area contributed by atoms with Gasteiger partial charge in [0, 0.05) is 22.8 Å². The standard InChI is InChI=1S/C14H24N2O2S2/c1-4-15-9-13-7-14(11(3)19-13)20(17,18)16-8-10(2)12-5-6-12/h7,10,12,15-16H,4-6,8-9H2,1-3H3. The summed E-state index contributed by atoms with van der Waals surface area (Å²) >= 11 is 1.55.